The number of phenolic OH excluding ortho intramolecular Hbond substituents is 1. The topological polar surface area (TPSA) is 64.6 Å². The van der Waals surface area contributed by atoms with Crippen LogP contribution in [0.3, 0.4) is 0 Å². The zero-order valence-electron chi connectivity index (χ0n) is 11.7. The third-order valence-corrected chi connectivity index (χ3v) is 3.30. The van der Waals surface area contributed by atoms with E-state index in [1.807, 2.05) is 0 Å². The summed E-state index contributed by atoms with van der Waals surface area (Å²) in [5.41, 5.74) is -0.716. The van der Waals surface area contributed by atoms with Crippen LogP contribution in [-0.2, 0) is 0 Å². The second kappa shape index (κ2) is 8.21. The first-order valence-electron chi connectivity index (χ1n) is 6.58. The molecule has 5 nitrogen and oxygen atoms in total. The predicted molar refractivity (Wildman–Crippen MR) is 76.9 cm³/mol. The van der Waals surface area contributed by atoms with Gasteiger partial charge in [0.25, 0.3) is 5.91 Å². The summed E-state index contributed by atoms with van der Waals surface area (Å²) in [5, 5.41) is 14.7. The molecule has 124 valence electrons. The Morgan fingerprint density at radius 1 is 1.27 bits per heavy atom. The van der Waals surface area contributed by atoms with Gasteiger partial charge in [-0.25, -0.2) is 8.78 Å². The molecule has 1 aromatic rings. The maximum Gasteiger partial charge on any atom is 0.254 e. The fraction of sp³-hybridized carbons (Fsp3) is 0.462. The molecule has 1 aliphatic heterocycles. The number of carbonyl (C=O) groups is 1. The largest absolute Gasteiger partial charge is 0.503 e. The van der Waals surface area contributed by atoms with Crippen LogP contribution in [0.2, 0.25) is 0 Å². The number of phenols is 1. The summed E-state index contributed by atoms with van der Waals surface area (Å²) in [6.07, 6.45) is 0. The SMILES string of the molecule is Cl.O=C(NCCN1CCNCC1)c1cc(F)c(F)c(O)c1F. The standard InChI is InChI=1S/C13H16F3N3O2.ClH/c14-9-7-8(10(15)12(20)11(9)16)13(21)18-3-6-19-4-1-17-2-5-19;/h7,17,20H,1-6H2,(H,18,21);1H. The Labute approximate surface area is 131 Å². The monoisotopic (exact) mass is 339 g/mol. The maximum absolute atomic E-state index is 13.5. The van der Waals surface area contributed by atoms with Crippen molar-refractivity contribution in [2.45, 2.75) is 0 Å². The summed E-state index contributed by atoms with van der Waals surface area (Å²) in [4.78, 5) is 13.8. The second-order valence-electron chi connectivity index (χ2n) is 4.73. The fourth-order valence-corrected chi connectivity index (χ4v) is 2.11. The molecule has 0 atom stereocenters. The van der Waals surface area contributed by atoms with Crippen LogP contribution in [-0.4, -0.2) is 55.2 Å². The first kappa shape index (κ1) is 18.5. The minimum absolute atomic E-state index is 0. The van der Waals surface area contributed by atoms with E-state index >= 15 is 0 Å². The normalized spacial score (nSPS) is 15.2. The van der Waals surface area contributed by atoms with Crippen LogP contribution in [0.25, 0.3) is 0 Å². The van der Waals surface area contributed by atoms with Crippen LogP contribution in [0, 0.1) is 17.5 Å². The fourth-order valence-electron chi connectivity index (χ4n) is 2.11. The molecule has 3 N–H and O–H groups in total. The number of benzene rings is 1. The molecule has 1 heterocycles. The zero-order valence-corrected chi connectivity index (χ0v) is 12.5. The van der Waals surface area contributed by atoms with Crippen molar-refractivity contribution >= 4 is 18.3 Å². The first-order chi connectivity index (χ1) is 10.0. The van der Waals surface area contributed by atoms with Gasteiger partial charge in [0.1, 0.15) is 0 Å². The van der Waals surface area contributed by atoms with Crippen molar-refractivity contribution in [3.8, 4) is 5.75 Å². The summed E-state index contributed by atoms with van der Waals surface area (Å²) >= 11 is 0. The molecule has 0 spiro atoms. The Morgan fingerprint density at radius 2 is 1.91 bits per heavy atom. The minimum Gasteiger partial charge on any atom is -0.503 e. The number of nitrogens with one attached hydrogen (secondary N) is 2. The predicted octanol–water partition coefficient (Wildman–Crippen LogP) is 0.866. The maximum atomic E-state index is 13.5. The summed E-state index contributed by atoms with van der Waals surface area (Å²) in [6.45, 7) is 4.23. The van der Waals surface area contributed by atoms with Crippen molar-refractivity contribution in [3.63, 3.8) is 0 Å². The Balaban J connectivity index is 0.00000242. The van der Waals surface area contributed by atoms with Gasteiger partial charge in [-0.15, -0.1) is 12.4 Å². The van der Waals surface area contributed by atoms with Crippen LogP contribution < -0.4 is 10.6 Å². The van der Waals surface area contributed by atoms with Gasteiger partial charge < -0.3 is 15.7 Å². The van der Waals surface area contributed by atoms with Gasteiger partial charge in [-0.1, -0.05) is 0 Å². The molecule has 1 aromatic carbocycles. The van der Waals surface area contributed by atoms with Crippen molar-refractivity contribution in [2.75, 3.05) is 39.3 Å². The average molecular weight is 340 g/mol. The highest BCUT2D eigenvalue weighted by atomic mass is 35.5. The molecular formula is C13H17ClF3N3O2. The molecule has 9 heteroatoms. The number of carbonyl (C=O) groups excluding carboxylic acids is 1. The van der Waals surface area contributed by atoms with Crippen LogP contribution in [0.5, 0.6) is 5.75 Å². The number of halogens is 4. The van der Waals surface area contributed by atoms with E-state index in [-0.39, 0.29) is 19.0 Å². The van der Waals surface area contributed by atoms with Crippen molar-refractivity contribution < 1.29 is 23.1 Å². The van der Waals surface area contributed by atoms with Crippen LogP contribution >= 0.6 is 12.4 Å². The van der Waals surface area contributed by atoms with Crippen molar-refractivity contribution in [1.29, 1.82) is 0 Å². The Bertz CT molecular complexity index is 540. The van der Waals surface area contributed by atoms with Gasteiger partial charge in [0, 0.05) is 39.3 Å². The molecule has 22 heavy (non-hydrogen) atoms. The highest BCUT2D eigenvalue weighted by Gasteiger charge is 2.22. The minimum atomic E-state index is -1.70. The van der Waals surface area contributed by atoms with Gasteiger partial charge in [0.05, 0.1) is 5.56 Å². The van der Waals surface area contributed by atoms with Gasteiger partial charge >= 0.3 is 0 Å². The number of piperazine rings is 1. The molecule has 2 rings (SSSR count). The lowest BCUT2D eigenvalue weighted by Gasteiger charge is -2.27. The molecule has 0 unspecified atom stereocenters. The molecule has 1 amide bonds. The van der Waals surface area contributed by atoms with E-state index in [0.29, 0.717) is 12.6 Å². The number of hydrogen-bond acceptors (Lipinski definition) is 4. The molecule has 1 aliphatic rings. The summed E-state index contributed by atoms with van der Waals surface area (Å²) < 4.78 is 39.6. The third-order valence-electron chi connectivity index (χ3n) is 3.30. The molecule has 0 saturated carbocycles. The lowest BCUT2D eigenvalue weighted by molar-refractivity contribution is 0.0941. The Kier molecular flexibility index (Phi) is 6.92. The van der Waals surface area contributed by atoms with Gasteiger partial charge in [-0.05, 0) is 6.07 Å². The van der Waals surface area contributed by atoms with Gasteiger partial charge in [0.2, 0.25) is 5.82 Å². The number of hydrogen-bond donors (Lipinski definition) is 3. The highest BCUT2D eigenvalue weighted by Crippen LogP contribution is 2.25. The number of aromatic hydroxyl groups is 1. The second-order valence-corrected chi connectivity index (χ2v) is 4.73. The summed E-state index contributed by atoms with van der Waals surface area (Å²) in [5.74, 6) is -7.02. The zero-order chi connectivity index (χ0) is 15.4. The van der Waals surface area contributed by atoms with Gasteiger partial charge in [-0.2, -0.15) is 4.39 Å². The van der Waals surface area contributed by atoms with E-state index < -0.39 is 34.7 Å². The summed E-state index contributed by atoms with van der Waals surface area (Å²) in [7, 11) is 0. The molecule has 0 aliphatic carbocycles. The van der Waals surface area contributed by atoms with Gasteiger partial charge in [-0.3, -0.25) is 9.69 Å². The Morgan fingerprint density at radius 3 is 2.55 bits per heavy atom. The highest BCUT2D eigenvalue weighted by molar-refractivity contribution is 5.94. The molecule has 0 bridgehead atoms. The molecule has 1 fully saturated rings. The lowest BCUT2D eigenvalue weighted by atomic mass is 10.1. The van der Waals surface area contributed by atoms with Crippen LogP contribution in [0.4, 0.5) is 13.2 Å². The van der Waals surface area contributed by atoms with E-state index in [2.05, 4.69) is 15.5 Å². The first-order valence-corrected chi connectivity index (χ1v) is 6.58. The van der Waals surface area contributed by atoms with Crippen molar-refractivity contribution in [1.82, 2.24) is 15.5 Å². The molecule has 0 aromatic heterocycles. The van der Waals surface area contributed by atoms with Gasteiger partial charge in [0.15, 0.2) is 17.4 Å². The number of rotatable bonds is 4. The molecule has 0 radical (unpaired) electrons. The summed E-state index contributed by atoms with van der Waals surface area (Å²) in [6, 6.07) is 0.435. The number of nitrogens with zero attached hydrogens (tertiary/aromatic N) is 1. The third kappa shape index (κ3) is 4.25. The van der Waals surface area contributed by atoms with E-state index in [1.54, 1.807) is 0 Å². The van der Waals surface area contributed by atoms with Crippen LogP contribution in [0.1, 0.15) is 10.4 Å². The molecular weight excluding hydrogens is 323 g/mol. The van der Waals surface area contributed by atoms with Crippen LogP contribution in [0.15, 0.2) is 6.07 Å². The van der Waals surface area contributed by atoms with E-state index in [4.69, 9.17) is 5.11 Å². The lowest BCUT2D eigenvalue weighted by Crippen LogP contribution is -2.46. The van der Waals surface area contributed by atoms with E-state index in [1.165, 1.54) is 0 Å². The van der Waals surface area contributed by atoms with Crippen molar-refractivity contribution in [2.24, 2.45) is 0 Å². The quantitative estimate of drug-likeness (QED) is 0.712. The molecule has 1 saturated heterocycles. The number of amides is 1. The van der Waals surface area contributed by atoms with Crippen molar-refractivity contribution in [3.05, 3.63) is 29.1 Å². The Hall–Kier alpha value is -1.51. The smallest absolute Gasteiger partial charge is 0.254 e. The van der Waals surface area contributed by atoms with E-state index in [9.17, 15) is 18.0 Å². The van der Waals surface area contributed by atoms with E-state index in [0.717, 1.165) is 26.2 Å². The average Bonchev–Trinajstić information content (AvgIpc) is 2.49.